The molecule has 4 nitrogen and oxygen atoms in total. The van der Waals surface area contributed by atoms with E-state index in [0.717, 1.165) is 27.9 Å². The molecule has 0 amide bonds. The highest BCUT2D eigenvalue weighted by molar-refractivity contribution is 6.34. The minimum absolute atomic E-state index is 0.0750. The third-order valence-corrected chi connectivity index (χ3v) is 12.4. The van der Waals surface area contributed by atoms with Crippen LogP contribution in [0.1, 0.15) is 25.0 Å². The van der Waals surface area contributed by atoms with Gasteiger partial charge in [0, 0.05) is 38.6 Å². The third-order valence-electron chi connectivity index (χ3n) is 12.4. The highest BCUT2D eigenvalue weighted by Gasteiger charge is 2.36. The molecule has 0 bridgehead atoms. The maximum absolute atomic E-state index is 5.14. The fourth-order valence-corrected chi connectivity index (χ4v) is 9.61. The van der Waals surface area contributed by atoms with Crippen LogP contribution >= 0.6 is 0 Å². The summed E-state index contributed by atoms with van der Waals surface area (Å²) in [6.07, 6.45) is 0. The van der Waals surface area contributed by atoms with Crippen LogP contribution in [0.25, 0.3) is 105 Å². The lowest BCUT2D eigenvalue weighted by atomic mass is 9.81. The summed E-state index contributed by atoms with van der Waals surface area (Å²) in [7, 11) is 0. The van der Waals surface area contributed by atoms with Crippen molar-refractivity contribution in [2.75, 3.05) is 0 Å². The molecule has 0 fully saturated rings. The summed E-state index contributed by atoms with van der Waals surface area (Å²) >= 11 is 0. The van der Waals surface area contributed by atoms with Gasteiger partial charge in [0.05, 0.1) is 11.0 Å². The standard InChI is InChI=1S/C54H36N4/c1-54(2)45-23-10-9-20-39(45)44-31-42-40-21-12-24-47-49(40)50-41(43(42)32-46(44)54)22-13-25-48(50)58(47)38-19-11-18-37(30-38)53-56-51(35-16-7-4-8-17-35)55-52(57-53)36-28-26-34(27-29-36)33-14-5-3-6-15-33/h3-32H,1-2H3. The van der Waals surface area contributed by atoms with E-state index < -0.39 is 0 Å². The zero-order chi connectivity index (χ0) is 38.5. The highest BCUT2D eigenvalue weighted by Crippen LogP contribution is 2.52. The van der Waals surface area contributed by atoms with E-state index in [9.17, 15) is 0 Å². The second-order valence-electron chi connectivity index (χ2n) is 16.0. The lowest BCUT2D eigenvalue weighted by Gasteiger charge is -2.22. The van der Waals surface area contributed by atoms with Crippen molar-refractivity contribution in [1.29, 1.82) is 0 Å². The van der Waals surface area contributed by atoms with Gasteiger partial charge in [0.1, 0.15) is 0 Å². The Bertz CT molecular complexity index is 3400. The van der Waals surface area contributed by atoms with Crippen molar-refractivity contribution >= 4 is 43.4 Å². The van der Waals surface area contributed by atoms with Crippen LogP contribution in [0.3, 0.4) is 0 Å². The van der Waals surface area contributed by atoms with Crippen LogP contribution in [-0.2, 0) is 5.41 Å². The Labute approximate surface area is 336 Å². The van der Waals surface area contributed by atoms with E-state index in [0.29, 0.717) is 17.5 Å². The lowest BCUT2D eigenvalue weighted by Crippen LogP contribution is -2.14. The maximum atomic E-state index is 5.14. The zero-order valence-electron chi connectivity index (χ0n) is 32.1. The first-order valence-corrected chi connectivity index (χ1v) is 19.9. The fraction of sp³-hybridized carbons (Fsp3) is 0.0556. The molecular weight excluding hydrogens is 705 g/mol. The quantitative estimate of drug-likeness (QED) is 0.165. The van der Waals surface area contributed by atoms with Crippen molar-refractivity contribution in [3.8, 4) is 62.1 Å². The Morgan fingerprint density at radius 2 is 0.862 bits per heavy atom. The number of rotatable bonds is 5. The van der Waals surface area contributed by atoms with Crippen LogP contribution < -0.4 is 0 Å². The SMILES string of the molecule is CC1(C)c2ccccc2-c2cc3c(cc21)c1cccc2c1c1c3cccc1n2-c1cccc(-c2nc(-c3ccccc3)nc(-c3ccc(-c4ccccc4)cc3)n2)c1. The molecule has 1 aliphatic rings. The average molecular weight is 741 g/mol. The van der Waals surface area contributed by atoms with Crippen molar-refractivity contribution in [2.24, 2.45) is 0 Å². The van der Waals surface area contributed by atoms with E-state index in [1.807, 2.05) is 24.3 Å². The van der Waals surface area contributed by atoms with Gasteiger partial charge in [-0.2, -0.15) is 0 Å². The summed E-state index contributed by atoms with van der Waals surface area (Å²) in [5.41, 5.74) is 14.0. The molecule has 0 N–H and O–H groups in total. The van der Waals surface area contributed by atoms with Gasteiger partial charge in [-0.15, -0.1) is 0 Å². The Kier molecular flexibility index (Phi) is 6.94. The van der Waals surface area contributed by atoms with Crippen LogP contribution in [0.15, 0.2) is 182 Å². The summed E-state index contributed by atoms with van der Waals surface area (Å²) in [4.78, 5) is 15.3. The molecule has 11 aromatic rings. The van der Waals surface area contributed by atoms with Gasteiger partial charge in [-0.3, -0.25) is 0 Å². The molecule has 0 atom stereocenters. The number of fused-ring (bicyclic) bond motifs is 6. The molecule has 2 aromatic heterocycles. The summed E-state index contributed by atoms with van der Waals surface area (Å²) in [6.45, 7) is 4.73. The molecule has 1 aliphatic carbocycles. The molecule has 0 spiro atoms. The van der Waals surface area contributed by atoms with E-state index in [1.165, 1.54) is 71.2 Å². The van der Waals surface area contributed by atoms with Gasteiger partial charge in [0.25, 0.3) is 0 Å². The van der Waals surface area contributed by atoms with E-state index in [-0.39, 0.29) is 5.41 Å². The molecular formula is C54H36N4. The Balaban J connectivity index is 1.04. The van der Waals surface area contributed by atoms with Gasteiger partial charge in [0.15, 0.2) is 17.5 Å². The highest BCUT2D eigenvalue weighted by atomic mass is 15.0. The fourth-order valence-electron chi connectivity index (χ4n) is 9.61. The lowest BCUT2D eigenvalue weighted by molar-refractivity contribution is 0.661. The summed E-state index contributed by atoms with van der Waals surface area (Å²) < 4.78 is 2.42. The average Bonchev–Trinajstić information content (AvgIpc) is 3.75. The van der Waals surface area contributed by atoms with Crippen LogP contribution in [-0.4, -0.2) is 19.5 Å². The van der Waals surface area contributed by atoms with Crippen LogP contribution in [0.2, 0.25) is 0 Å². The molecule has 0 unspecified atom stereocenters. The van der Waals surface area contributed by atoms with Gasteiger partial charge in [-0.1, -0.05) is 159 Å². The van der Waals surface area contributed by atoms with Crippen molar-refractivity contribution in [2.45, 2.75) is 19.3 Å². The largest absolute Gasteiger partial charge is 0.309 e. The molecule has 0 radical (unpaired) electrons. The first-order chi connectivity index (χ1) is 28.5. The molecule has 58 heavy (non-hydrogen) atoms. The van der Waals surface area contributed by atoms with Gasteiger partial charge in [0.2, 0.25) is 0 Å². The third kappa shape index (κ3) is 4.78. The molecule has 4 heteroatoms. The van der Waals surface area contributed by atoms with Gasteiger partial charge in [-0.05, 0) is 91.3 Å². The maximum Gasteiger partial charge on any atom is 0.164 e. The van der Waals surface area contributed by atoms with E-state index in [2.05, 4.69) is 176 Å². The molecule has 272 valence electrons. The second-order valence-corrected chi connectivity index (χ2v) is 16.0. The van der Waals surface area contributed by atoms with Crippen LogP contribution in [0.5, 0.6) is 0 Å². The number of nitrogens with zero attached hydrogens (tertiary/aromatic N) is 4. The molecule has 0 aliphatic heterocycles. The monoisotopic (exact) mass is 740 g/mol. The van der Waals surface area contributed by atoms with E-state index >= 15 is 0 Å². The predicted molar refractivity (Wildman–Crippen MR) is 240 cm³/mol. The van der Waals surface area contributed by atoms with Gasteiger partial charge >= 0.3 is 0 Å². The van der Waals surface area contributed by atoms with Gasteiger partial charge < -0.3 is 4.57 Å². The molecule has 9 aromatic carbocycles. The molecule has 2 heterocycles. The molecule has 0 saturated carbocycles. The number of hydrogen-bond donors (Lipinski definition) is 0. The number of benzene rings is 9. The first kappa shape index (κ1) is 32.8. The topological polar surface area (TPSA) is 43.6 Å². The zero-order valence-corrected chi connectivity index (χ0v) is 32.1. The van der Waals surface area contributed by atoms with Crippen LogP contribution in [0.4, 0.5) is 0 Å². The molecule has 12 rings (SSSR count). The van der Waals surface area contributed by atoms with E-state index in [4.69, 9.17) is 15.0 Å². The Morgan fingerprint density at radius 1 is 0.362 bits per heavy atom. The Morgan fingerprint density at radius 3 is 1.53 bits per heavy atom. The van der Waals surface area contributed by atoms with Crippen molar-refractivity contribution in [3.05, 3.63) is 193 Å². The predicted octanol–water partition coefficient (Wildman–Crippen LogP) is 13.7. The number of aromatic nitrogens is 4. The first-order valence-electron chi connectivity index (χ1n) is 19.9. The normalized spacial score (nSPS) is 13.1. The number of hydrogen-bond acceptors (Lipinski definition) is 3. The van der Waals surface area contributed by atoms with Crippen molar-refractivity contribution < 1.29 is 0 Å². The molecule has 0 saturated heterocycles. The van der Waals surface area contributed by atoms with E-state index in [1.54, 1.807) is 0 Å². The summed E-state index contributed by atoms with van der Waals surface area (Å²) in [5.74, 6) is 1.92. The van der Waals surface area contributed by atoms with Gasteiger partial charge in [-0.25, -0.2) is 15.0 Å². The summed E-state index contributed by atoms with van der Waals surface area (Å²) in [5, 5.41) is 7.76. The minimum Gasteiger partial charge on any atom is -0.309 e. The smallest absolute Gasteiger partial charge is 0.164 e. The summed E-state index contributed by atoms with van der Waals surface area (Å²) in [6, 6.07) is 65.2. The van der Waals surface area contributed by atoms with Crippen LogP contribution in [0, 0.1) is 0 Å². The minimum atomic E-state index is -0.0750. The van der Waals surface area contributed by atoms with Crippen molar-refractivity contribution in [1.82, 2.24) is 19.5 Å². The Hall–Kier alpha value is -7.43. The van der Waals surface area contributed by atoms with Crippen molar-refractivity contribution in [3.63, 3.8) is 0 Å². The second kappa shape index (κ2) is 12.3.